The number of anilines is 2. The van der Waals surface area contributed by atoms with Crippen LogP contribution in [0.3, 0.4) is 0 Å². The molecule has 0 fully saturated rings. The van der Waals surface area contributed by atoms with E-state index in [0.717, 1.165) is 11.0 Å². The SMILES string of the molecule is Cc1cc2c(cc1C(F)(F)F)N(C(=O)OC(C)(C)C)CCCC2N(Cc1cc(C(F)(F)F)cc(C(F)(F)F)c1)c1ccccc1. The summed E-state index contributed by atoms with van der Waals surface area (Å²) in [6, 6.07) is 10.7. The molecule has 0 aromatic heterocycles. The fourth-order valence-corrected chi connectivity index (χ4v) is 5.38. The number of alkyl halides is 9. The van der Waals surface area contributed by atoms with E-state index >= 15 is 0 Å². The third kappa shape index (κ3) is 8.04. The number of aryl methyl sites for hydroxylation is 1. The van der Waals surface area contributed by atoms with Gasteiger partial charge in [0.2, 0.25) is 0 Å². The number of para-hydroxylation sites is 1. The van der Waals surface area contributed by atoms with E-state index in [0.29, 0.717) is 17.8 Å². The monoisotopic (exact) mass is 646 g/mol. The van der Waals surface area contributed by atoms with Gasteiger partial charge in [-0.25, -0.2) is 4.79 Å². The van der Waals surface area contributed by atoms with Gasteiger partial charge in [-0.05, 0) is 93.6 Å². The summed E-state index contributed by atoms with van der Waals surface area (Å²) in [6.45, 7) is 5.56. The number of fused-ring (bicyclic) bond motifs is 1. The first-order valence-electron chi connectivity index (χ1n) is 14.0. The summed E-state index contributed by atoms with van der Waals surface area (Å²) in [6.07, 6.45) is -15.4. The van der Waals surface area contributed by atoms with Crippen LogP contribution in [0.5, 0.6) is 0 Å². The van der Waals surface area contributed by atoms with Crippen LogP contribution >= 0.6 is 0 Å². The van der Waals surface area contributed by atoms with Crippen molar-refractivity contribution >= 4 is 17.5 Å². The average Bonchev–Trinajstić information content (AvgIpc) is 3.08. The minimum absolute atomic E-state index is 0.0385. The number of amides is 1. The summed E-state index contributed by atoms with van der Waals surface area (Å²) >= 11 is 0. The molecule has 0 radical (unpaired) electrons. The van der Waals surface area contributed by atoms with Crippen LogP contribution in [0, 0.1) is 6.92 Å². The summed E-state index contributed by atoms with van der Waals surface area (Å²) in [5, 5.41) is 0. The number of benzene rings is 3. The van der Waals surface area contributed by atoms with Crippen molar-refractivity contribution < 1.29 is 49.0 Å². The van der Waals surface area contributed by atoms with Gasteiger partial charge < -0.3 is 9.64 Å². The number of ether oxygens (including phenoxy) is 1. The Morgan fingerprint density at radius 2 is 1.42 bits per heavy atom. The predicted molar refractivity (Wildman–Crippen MR) is 151 cm³/mol. The second kappa shape index (κ2) is 12.1. The first-order chi connectivity index (χ1) is 20.6. The number of rotatable bonds is 4. The summed E-state index contributed by atoms with van der Waals surface area (Å²) in [5.41, 5.74) is -4.86. The van der Waals surface area contributed by atoms with Crippen molar-refractivity contribution in [3.8, 4) is 0 Å². The van der Waals surface area contributed by atoms with Gasteiger partial charge in [0.25, 0.3) is 0 Å². The highest BCUT2D eigenvalue weighted by molar-refractivity contribution is 5.90. The van der Waals surface area contributed by atoms with Gasteiger partial charge in [-0.15, -0.1) is 0 Å². The lowest BCUT2D eigenvalue weighted by molar-refractivity contribution is -0.143. The van der Waals surface area contributed by atoms with Gasteiger partial charge in [0, 0.05) is 18.8 Å². The van der Waals surface area contributed by atoms with Crippen molar-refractivity contribution in [2.75, 3.05) is 16.3 Å². The summed E-state index contributed by atoms with van der Waals surface area (Å²) in [7, 11) is 0. The zero-order valence-electron chi connectivity index (χ0n) is 24.8. The van der Waals surface area contributed by atoms with Gasteiger partial charge in [0.05, 0.1) is 28.4 Å². The quantitative estimate of drug-likeness (QED) is 0.265. The Kier molecular flexibility index (Phi) is 9.16. The van der Waals surface area contributed by atoms with Gasteiger partial charge in [0.15, 0.2) is 0 Å². The molecule has 0 bridgehead atoms. The zero-order chi connectivity index (χ0) is 33.5. The number of nitrogens with zero attached hydrogens (tertiary/aromatic N) is 2. The molecule has 1 atom stereocenters. The van der Waals surface area contributed by atoms with Crippen LogP contribution in [0.2, 0.25) is 0 Å². The molecule has 0 saturated heterocycles. The van der Waals surface area contributed by atoms with Crippen molar-refractivity contribution in [1.82, 2.24) is 0 Å². The molecule has 13 heteroatoms. The number of carbonyl (C=O) groups is 1. The van der Waals surface area contributed by atoms with E-state index in [1.807, 2.05) is 0 Å². The van der Waals surface area contributed by atoms with Gasteiger partial charge in [0.1, 0.15) is 5.60 Å². The predicted octanol–water partition coefficient (Wildman–Crippen LogP) is 10.3. The first-order valence-corrected chi connectivity index (χ1v) is 14.0. The van der Waals surface area contributed by atoms with Crippen molar-refractivity contribution in [3.63, 3.8) is 0 Å². The summed E-state index contributed by atoms with van der Waals surface area (Å²) in [5.74, 6) is 0. The summed E-state index contributed by atoms with van der Waals surface area (Å²) < 4.78 is 130. The topological polar surface area (TPSA) is 32.8 Å². The Morgan fingerprint density at radius 1 is 0.844 bits per heavy atom. The van der Waals surface area contributed by atoms with E-state index in [4.69, 9.17) is 4.74 Å². The molecule has 45 heavy (non-hydrogen) atoms. The molecule has 1 unspecified atom stereocenters. The number of carbonyl (C=O) groups excluding carboxylic acids is 1. The third-order valence-corrected chi connectivity index (χ3v) is 7.27. The van der Waals surface area contributed by atoms with Crippen LogP contribution in [0.1, 0.15) is 73.0 Å². The molecule has 244 valence electrons. The van der Waals surface area contributed by atoms with Crippen LogP contribution in [-0.4, -0.2) is 18.2 Å². The zero-order valence-corrected chi connectivity index (χ0v) is 24.8. The van der Waals surface area contributed by atoms with Crippen LogP contribution in [0.15, 0.2) is 60.7 Å². The maximum absolute atomic E-state index is 14.1. The highest BCUT2D eigenvalue weighted by Crippen LogP contribution is 2.45. The molecular formula is C32H31F9N2O2. The lowest BCUT2D eigenvalue weighted by atomic mass is 9.93. The second-order valence-electron chi connectivity index (χ2n) is 11.9. The van der Waals surface area contributed by atoms with Crippen LogP contribution in [0.25, 0.3) is 0 Å². The molecular weight excluding hydrogens is 615 g/mol. The fraction of sp³-hybridized carbons (Fsp3) is 0.406. The molecule has 1 aliphatic rings. The highest BCUT2D eigenvalue weighted by Gasteiger charge is 2.40. The van der Waals surface area contributed by atoms with Gasteiger partial charge >= 0.3 is 24.6 Å². The van der Waals surface area contributed by atoms with E-state index in [9.17, 15) is 44.3 Å². The Balaban J connectivity index is 1.93. The first kappa shape index (κ1) is 34.0. The number of hydrogen-bond donors (Lipinski definition) is 0. The molecule has 1 aliphatic heterocycles. The van der Waals surface area contributed by atoms with Crippen molar-refractivity contribution in [2.45, 2.75) is 77.3 Å². The van der Waals surface area contributed by atoms with Crippen molar-refractivity contribution in [2.24, 2.45) is 0 Å². The van der Waals surface area contributed by atoms with E-state index in [2.05, 4.69) is 0 Å². The lowest BCUT2D eigenvalue weighted by Crippen LogP contribution is -2.37. The molecule has 0 saturated carbocycles. The molecule has 1 heterocycles. The molecule has 3 aromatic rings. The maximum Gasteiger partial charge on any atom is 0.416 e. The highest BCUT2D eigenvalue weighted by atomic mass is 19.4. The maximum atomic E-state index is 14.1. The molecule has 3 aromatic carbocycles. The molecule has 0 spiro atoms. The second-order valence-corrected chi connectivity index (χ2v) is 11.9. The van der Waals surface area contributed by atoms with Gasteiger partial charge in [-0.2, -0.15) is 39.5 Å². The van der Waals surface area contributed by atoms with Crippen molar-refractivity contribution in [3.05, 3.63) is 94.0 Å². The number of halogens is 9. The largest absolute Gasteiger partial charge is 0.443 e. The van der Waals surface area contributed by atoms with Crippen LogP contribution < -0.4 is 9.80 Å². The van der Waals surface area contributed by atoms with E-state index in [1.54, 1.807) is 56.0 Å². The minimum Gasteiger partial charge on any atom is -0.443 e. The fourth-order valence-electron chi connectivity index (χ4n) is 5.38. The molecule has 4 rings (SSSR count). The molecule has 0 aliphatic carbocycles. The lowest BCUT2D eigenvalue weighted by Gasteiger charge is -2.36. The average molecular weight is 647 g/mol. The Labute approximate surface area is 254 Å². The Bertz CT molecular complexity index is 1490. The standard InChI is InChI=1S/C32H31F9N2O2/c1-19-13-24-26(11-8-12-42(28(44)45-29(2,3)4)27(24)17-25(19)32(39,40)41)43(23-9-6-5-7-10-23)18-20-14-21(30(33,34)35)16-22(15-20)31(36,37)38/h5-7,9-10,13-17,26H,8,11-12,18H2,1-4H3. The van der Waals surface area contributed by atoms with E-state index in [1.165, 1.54) is 13.0 Å². The smallest absolute Gasteiger partial charge is 0.416 e. The van der Waals surface area contributed by atoms with E-state index < -0.39 is 59.5 Å². The Morgan fingerprint density at radius 3 is 1.93 bits per heavy atom. The minimum atomic E-state index is -5.07. The summed E-state index contributed by atoms with van der Waals surface area (Å²) in [4.78, 5) is 15.9. The normalized spacial score (nSPS) is 16.2. The molecule has 1 amide bonds. The van der Waals surface area contributed by atoms with Gasteiger partial charge in [-0.1, -0.05) is 24.3 Å². The third-order valence-electron chi connectivity index (χ3n) is 7.27. The molecule has 0 N–H and O–H groups in total. The van der Waals surface area contributed by atoms with Crippen LogP contribution in [0.4, 0.5) is 55.7 Å². The number of hydrogen-bond acceptors (Lipinski definition) is 3. The molecule has 4 nitrogen and oxygen atoms in total. The Hall–Kier alpha value is -3.90. The van der Waals surface area contributed by atoms with Gasteiger partial charge in [-0.3, -0.25) is 4.90 Å². The van der Waals surface area contributed by atoms with E-state index in [-0.39, 0.29) is 47.8 Å². The van der Waals surface area contributed by atoms with Crippen LogP contribution in [-0.2, 0) is 29.8 Å². The van der Waals surface area contributed by atoms with Crippen molar-refractivity contribution in [1.29, 1.82) is 0 Å².